The number of nitrogens with one attached hydrogen (secondary N) is 1. The van der Waals surface area contributed by atoms with Crippen molar-refractivity contribution in [2.75, 3.05) is 11.9 Å². The maximum Gasteiger partial charge on any atom is 0.224 e. The number of aryl methyl sites for hydroxylation is 2. The van der Waals surface area contributed by atoms with E-state index in [0.717, 1.165) is 49.9 Å². The number of carbonyl (C=O) groups excluding carboxylic acids is 1. The molecule has 114 valence electrons. The van der Waals surface area contributed by atoms with Gasteiger partial charge in [-0.25, -0.2) is 0 Å². The summed E-state index contributed by atoms with van der Waals surface area (Å²) in [4.78, 5) is 11.9. The number of hydrogen-bond donors (Lipinski definition) is 2. The number of anilines is 1. The predicted octanol–water partition coefficient (Wildman–Crippen LogP) is 3.83. The van der Waals surface area contributed by atoms with Crippen molar-refractivity contribution in [1.82, 2.24) is 0 Å². The number of rotatable bonds is 8. The summed E-state index contributed by atoms with van der Waals surface area (Å²) in [5.74, 6) is 0.122. The van der Waals surface area contributed by atoms with Crippen LogP contribution in [-0.4, -0.2) is 12.5 Å². The van der Waals surface area contributed by atoms with Gasteiger partial charge in [-0.05, 0) is 43.9 Å². The Hall–Kier alpha value is -1.06. The maximum atomic E-state index is 11.9. The molecule has 0 fully saturated rings. The van der Waals surface area contributed by atoms with Gasteiger partial charge >= 0.3 is 0 Å². The van der Waals surface area contributed by atoms with Crippen LogP contribution in [0.4, 0.5) is 5.69 Å². The SMILES string of the molecule is CCc1cccc(C)c1NC(=O)CCCCCCN.Cl. The third kappa shape index (κ3) is 6.40. The van der Waals surface area contributed by atoms with Gasteiger partial charge in [-0.1, -0.05) is 38.0 Å². The van der Waals surface area contributed by atoms with E-state index in [-0.39, 0.29) is 18.3 Å². The quantitative estimate of drug-likeness (QED) is 0.717. The van der Waals surface area contributed by atoms with Gasteiger partial charge in [-0.15, -0.1) is 12.4 Å². The lowest BCUT2D eigenvalue weighted by Crippen LogP contribution is -2.13. The molecule has 3 nitrogen and oxygen atoms in total. The van der Waals surface area contributed by atoms with Crippen LogP contribution in [0.25, 0.3) is 0 Å². The highest BCUT2D eigenvalue weighted by Gasteiger charge is 2.08. The molecule has 0 aromatic heterocycles. The Balaban J connectivity index is 0.00000361. The van der Waals surface area contributed by atoms with Crippen molar-refractivity contribution in [3.05, 3.63) is 29.3 Å². The largest absolute Gasteiger partial charge is 0.330 e. The van der Waals surface area contributed by atoms with Crippen molar-refractivity contribution < 1.29 is 4.79 Å². The van der Waals surface area contributed by atoms with E-state index in [4.69, 9.17) is 5.73 Å². The lowest BCUT2D eigenvalue weighted by atomic mass is 10.1. The Morgan fingerprint density at radius 1 is 1.20 bits per heavy atom. The molecule has 20 heavy (non-hydrogen) atoms. The summed E-state index contributed by atoms with van der Waals surface area (Å²) in [5.41, 5.74) is 8.78. The molecule has 0 radical (unpaired) electrons. The van der Waals surface area contributed by atoms with E-state index in [9.17, 15) is 4.79 Å². The van der Waals surface area contributed by atoms with E-state index < -0.39 is 0 Å². The molecule has 0 spiro atoms. The zero-order valence-electron chi connectivity index (χ0n) is 12.6. The van der Waals surface area contributed by atoms with Crippen molar-refractivity contribution in [3.63, 3.8) is 0 Å². The third-order valence-corrected chi connectivity index (χ3v) is 3.36. The van der Waals surface area contributed by atoms with Crippen molar-refractivity contribution >= 4 is 24.0 Å². The first kappa shape index (κ1) is 18.9. The first-order chi connectivity index (χ1) is 9.19. The summed E-state index contributed by atoms with van der Waals surface area (Å²) in [6.07, 6.45) is 5.74. The van der Waals surface area contributed by atoms with Crippen LogP contribution >= 0.6 is 12.4 Å². The standard InChI is InChI=1S/C16H26N2O.ClH/c1-3-14-10-8-9-13(2)16(14)18-15(19)11-6-4-5-7-12-17;/h8-10H,3-7,11-12,17H2,1-2H3,(H,18,19);1H. The predicted molar refractivity (Wildman–Crippen MR) is 88.6 cm³/mol. The first-order valence-electron chi connectivity index (χ1n) is 7.27. The molecule has 0 bridgehead atoms. The number of nitrogens with two attached hydrogens (primary N) is 1. The van der Waals surface area contributed by atoms with E-state index in [1.54, 1.807) is 0 Å². The average Bonchev–Trinajstić information content (AvgIpc) is 2.41. The summed E-state index contributed by atoms with van der Waals surface area (Å²) in [6.45, 7) is 4.89. The second kappa shape index (κ2) is 10.7. The smallest absolute Gasteiger partial charge is 0.224 e. The maximum absolute atomic E-state index is 11.9. The molecule has 0 atom stereocenters. The molecular formula is C16H27ClN2O. The third-order valence-electron chi connectivity index (χ3n) is 3.36. The summed E-state index contributed by atoms with van der Waals surface area (Å²) >= 11 is 0. The van der Waals surface area contributed by atoms with Gasteiger partial charge in [0.25, 0.3) is 0 Å². The molecule has 0 aliphatic heterocycles. The van der Waals surface area contributed by atoms with Crippen LogP contribution in [0, 0.1) is 6.92 Å². The van der Waals surface area contributed by atoms with Crippen molar-refractivity contribution in [1.29, 1.82) is 0 Å². The Morgan fingerprint density at radius 3 is 2.55 bits per heavy atom. The highest BCUT2D eigenvalue weighted by Crippen LogP contribution is 2.21. The molecule has 0 heterocycles. The molecule has 0 unspecified atom stereocenters. The van der Waals surface area contributed by atoms with Gasteiger partial charge in [0.1, 0.15) is 0 Å². The number of hydrogen-bond acceptors (Lipinski definition) is 2. The number of benzene rings is 1. The summed E-state index contributed by atoms with van der Waals surface area (Å²) < 4.78 is 0. The minimum atomic E-state index is 0. The van der Waals surface area contributed by atoms with E-state index in [2.05, 4.69) is 18.3 Å². The van der Waals surface area contributed by atoms with Crippen LogP contribution in [0.5, 0.6) is 0 Å². The Labute approximate surface area is 128 Å². The fourth-order valence-corrected chi connectivity index (χ4v) is 2.19. The van der Waals surface area contributed by atoms with Crippen molar-refractivity contribution in [2.24, 2.45) is 5.73 Å². The van der Waals surface area contributed by atoms with Crippen LogP contribution < -0.4 is 11.1 Å². The van der Waals surface area contributed by atoms with E-state index in [0.29, 0.717) is 6.42 Å². The number of carbonyl (C=O) groups is 1. The normalized spacial score (nSPS) is 9.95. The molecule has 1 aromatic rings. The van der Waals surface area contributed by atoms with Crippen LogP contribution in [-0.2, 0) is 11.2 Å². The average molecular weight is 299 g/mol. The molecule has 0 aliphatic rings. The Kier molecular flexibility index (Phi) is 10.1. The zero-order valence-corrected chi connectivity index (χ0v) is 13.4. The number of amides is 1. The Morgan fingerprint density at radius 2 is 1.90 bits per heavy atom. The van der Waals surface area contributed by atoms with Crippen molar-refractivity contribution in [2.45, 2.75) is 52.4 Å². The summed E-state index contributed by atoms with van der Waals surface area (Å²) in [7, 11) is 0. The fraction of sp³-hybridized carbons (Fsp3) is 0.562. The second-order valence-corrected chi connectivity index (χ2v) is 4.96. The molecule has 0 aliphatic carbocycles. The first-order valence-corrected chi connectivity index (χ1v) is 7.27. The topological polar surface area (TPSA) is 55.1 Å². The minimum Gasteiger partial charge on any atom is -0.330 e. The molecule has 0 saturated heterocycles. The minimum absolute atomic E-state index is 0. The highest BCUT2D eigenvalue weighted by atomic mass is 35.5. The number of para-hydroxylation sites is 1. The lowest BCUT2D eigenvalue weighted by Gasteiger charge is -2.12. The zero-order chi connectivity index (χ0) is 14.1. The van der Waals surface area contributed by atoms with Gasteiger partial charge < -0.3 is 11.1 Å². The molecule has 0 saturated carbocycles. The second-order valence-electron chi connectivity index (χ2n) is 4.96. The van der Waals surface area contributed by atoms with Gasteiger partial charge in [-0.2, -0.15) is 0 Å². The van der Waals surface area contributed by atoms with Gasteiger partial charge in [0.2, 0.25) is 5.91 Å². The van der Waals surface area contributed by atoms with Crippen LogP contribution in [0.1, 0.15) is 50.2 Å². The van der Waals surface area contributed by atoms with Gasteiger partial charge in [0.05, 0.1) is 0 Å². The van der Waals surface area contributed by atoms with Gasteiger partial charge in [0.15, 0.2) is 0 Å². The number of halogens is 1. The van der Waals surface area contributed by atoms with Gasteiger partial charge in [0, 0.05) is 12.1 Å². The van der Waals surface area contributed by atoms with Crippen LogP contribution in [0.3, 0.4) is 0 Å². The summed E-state index contributed by atoms with van der Waals surface area (Å²) in [5, 5.41) is 3.06. The molecular weight excluding hydrogens is 272 g/mol. The van der Waals surface area contributed by atoms with E-state index in [1.807, 2.05) is 19.1 Å². The molecule has 1 amide bonds. The monoisotopic (exact) mass is 298 g/mol. The number of unbranched alkanes of at least 4 members (excludes halogenated alkanes) is 3. The van der Waals surface area contributed by atoms with E-state index in [1.165, 1.54) is 5.56 Å². The molecule has 1 aromatic carbocycles. The lowest BCUT2D eigenvalue weighted by molar-refractivity contribution is -0.116. The van der Waals surface area contributed by atoms with Crippen LogP contribution in [0.15, 0.2) is 18.2 Å². The fourth-order valence-electron chi connectivity index (χ4n) is 2.19. The van der Waals surface area contributed by atoms with Crippen molar-refractivity contribution in [3.8, 4) is 0 Å². The van der Waals surface area contributed by atoms with E-state index >= 15 is 0 Å². The van der Waals surface area contributed by atoms with Crippen LogP contribution in [0.2, 0.25) is 0 Å². The molecule has 3 N–H and O–H groups in total. The van der Waals surface area contributed by atoms with Gasteiger partial charge in [-0.3, -0.25) is 4.79 Å². The Bertz CT molecular complexity index is 407. The summed E-state index contributed by atoms with van der Waals surface area (Å²) in [6, 6.07) is 6.15. The molecule has 4 heteroatoms. The molecule has 1 rings (SSSR count). The highest BCUT2D eigenvalue weighted by molar-refractivity contribution is 5.92.